The Balaban J connectivity index is 1.58. The largest absolute Gasteiger partial charge is 0.476 e. The maximum absolute atomic E-state index is 13.5. The molecule has 9 nitrogen and oxygen atoms in total. The first-order valence-electron chi connectivity index (χ1n) is 11.0. The molecule has 0 atom stereocenters. The van der Waals surface area contributed by atoms with Crippen molar-refractivity contribution in [2.24, 2.45) is 0 Å². The summed E-state index contributed by atoms with van der Waals surface area (Å²) in [6, 6.07) is 13.8. The molecule has 2 N–H and O–H groups in total. The number of fused-ring (bicyclic) bond motifs is 1. The topological polar surface area (TPSA) is 114 Å². The van der Waals surface area contributed by atoms with E-state index in [-0.39, 0.29) is 29.8 Å². The minimum Gasteiger partial charge on any atom is -0.476 e. The summed E-state index contributed by atoms with van der Waals surface area (Å²) in [6.45, 7) is 5.73. The van der Waals surface area contributed by atoms with Crippen molar-refractivity contribution in [1.82, 2.24) is 9.78 Å². The third kappa shape index (κ3) is 5.30. The number of aromatic nitrogens is 2. The summed E-state index contributed by atoms with van der Waals surface area (Å²) in [7, 11) is 0. The van der Waals surface area contributed by atoms with Crippen LogP contribution in [-0.2, 0) is 16.0 Å². The van der Waals surface area contributed by atoms with Gasteiger partial charge in [-0.2, -0.15) is 5.10 Å². The summed E-state index contributed by atoms with van der Waals surface area (Å²) in [5.41, 5.74) is 1.72. The predicted octanol–water partition coefficient (Wildman–Crippen LogP) is 4.18. The van der Waals surface area contributed by atoms with Crippen molar-refractivity contribution >= 4 is 40.8 Å². The summed E-state index contributed by atoms with van der Waals surface area (Å²) < 4.78 is 6.63. The summed E-state index contributed by atoms with van der Waals surface area (Å²) in [5, 5.41) is 17.3. The number of hydrogen-bond donors (Lipinski definition) is 2. The molecule has 1 aliphatic rings. The van der Waals surface area contributed by atoms with Gasteiger partial charge in [-0.25, -0.2) is 9.48 Å². The number of carboxylic acids is 1. The number of nitrogens with zero attached hydrogens (tertiary/aromatic N) is 3. The minimum atomic E-state index is -1.19. The molecule has 0 saturated carbocycles. The maximum Gasteiger partial charge on any atom is 0.356 e. The average Bonchev–Trinajstić information content (AvgIpc) is 3.18. The number of rotatable bonds is 6. The molecule has 0 aliphatic carbocycles. The maximum atomic E-state index is 13.5. The van der Waals surface area contributed by atoms with Gasteiger partial charge in [-0.3, -0.25) is 9.59 Å². The Hall–Kier alpha value is -3.85. The first kappa shape index (κ1) is 24.3. The Morgan fingerprint density at radius 2 is 1.86 bits per heavy atom. The zero-order valence-corrected chi connectivity index (χ0v) is 20.3. The lowest BCUT2D eigenvalue weighted by molar-refractivity contribution is -0.152. The van der Waals surface area contributed by atoms with Gasteiger partial charge in [0, 0.05) is 28.5 Å². The fraction of sp³-hybridized carbons (Fsp3) is 0.280. The number of hydrogen-bond acceptors (Lipinski definition) is 6. The van der Waals surface area contributed by atoms with Gasteiger partial charge in [-0.1, -0.05) is 17.7 Å². The monoisotopic (exact) mass is 496 g/mol. The van der Waals surface area contributed by atoms with E-state index < -0.39 is 11.6 Å². The molecule has 2 heterocycles. The smallest absolute Gasteiger partial charge is 0.356 e. The summed E-state index contributed by atoms with van der Waals surface area (Å²) in [6.07, 6.45) is 0.335. The van der Waals surface area contributed by atoms with Crippen molar-refractivity contribution in [2.45, 2.75) is 32.8 Å². The molecule has 0 bridgehead atoms. The molecule has 0 unspecified atom stereocenters. The molecule has 10 heteroatoms. The fourth-order valence-corrected chi connectivity index (χ4v) is 4.07. The van der Waals surface area contributed by atoms with Gasteiger partial charge in [0.15, 0.2) is 5.69 Å². The highest BCUT2D eigenvalue weighted by Crippen LogP contribution is 2.30. The molecule has 0 fully saturated rings. The van der Waals surface area contributed by atoms with Gasteiger partial charge >= 0.3 is 11.9 Å². The molecule has 3 aromatic rings. The number of amides is 1. The molecule has 1 aliphatic heterocycles. The van der Waals surface area contributed by atoms with Gasteiger partial charge in [-0.05, 0) is 69.7 Å². The molecule has 1 aromatic heterocycles. The van der Waals surface area contributed by atoms with E-state index in [4.69, 9.17) is 16.3 Å². The molecular formula is C25H25ClN4O5. The highest BCUT2D eigenvalue weighted by molar-refractivity contribution is 6.30. The van der Waals surface area contributed by atoms with Gasteiger partial charge < -0.3 is 20.1 Å². The van der Waals surface area contributed by atoms with Crippen molar-refractivity contribution in [3.8, 4) is 5.69 Å². The van der Waals surface area contributed by atoms with Gasteiger partial charge in [0.25, 0.3) is 5.91 Å². The van der Waals surface area contributed by atoms with E-state index in [0.29, 0.717) is 40.6 Å². The second-order valence-electron chi connectivity index (χ2n) is 9.07. The quantitative estimate of drug-likeness (QED) is 0.492. The van der Waals surface area contributed by atoms with E-state index in [1.165, 1.54) is 4.68 Å². The molecule has 182 valence electrons. The number of esters is 1. The first-order chi connectivity index (χ1) is 16.5. The van der Waals surface area contributed by atoms with Crippen LogP contribution in [0.1, 0.15) is 47.3 Å². The fourth-order valence-electron chi connectivity index (χ4n) is 3.88. The van der Waals surface area contributed by atoms with Crippen LogP contribution in [0.5, 0.6) is 0 Å². The average molecular weight is 497 g/mol. The lowest BCUT2D eigenvalue weighted by Crippen LogP contribution is -2.39. The second kappa shape index (κ2) is 9.42. The number of aromatic carboxylic acids is 1. The Morgan fingerprint density at radius 3 is 2.49 bits per heavy atom. The van der Waals surface area contributed by atoms with Crippen LogP contribution < -0.4 is 10.2 Å². The predicted molar refractivity (Wildman–Crippen MR) is 132 cm³/mol. The molecular weight excluding hydrogens is 472 g/mol. The zero-order valence-electron chi connectivity index (χ0n) is 19.5. The van der Waals surface area contributed by atoms with Crippen LogP contribution >= 0.6 is 11.6 Å². The number of carboxylic acid groups (broad SMARTS) is 1. The Morgan fingerprint density at radius 1 is 1.14 bits per heavy atom. The Bertz CT molecular complexity index is 1290. The van der Waals surface area contributed by atoms with Gasteiger partial charge in [0.05, 0.1) is 5.69 Å². The number of halogens is 1. The second-order valence-corrected chi connectivity index (χ2v) is 9.50. The van der Waals surface area contributed by atoms with Crippen molar-refractivity contribution in [3.63, 3.8) is 0 Å². The molecule has 4 rings (SSSR count). The van der Waals surface area contributed by atoms with E-state index in [2.05, 4.69) is 10.4 Å². The first-order valence-corrected chi connectivity index (χ1v) is 11.4. The molecule has 2 aromatic carbocycles. The summed E-state index contributed by atoms with van der Waals surface area (Å²) in [5.74, 6) is -1.92. The van der Waals surface area contributed by atoms with Crippen molar-refractivity contribution in [1.29, 1.82) is 0 Å². The van der Waals surface area contributed by atoms with Crippen LogP contribution in [0.25, 0.3) is 5.69 Å². The van der Waals surface area contributed by atoms with Crippen LogP contribution in [-0.4, -0.2) is 51.4 Å². The van der Waals surface area contributed by atoms with Gasteiger partial charge in [-0.15, -0.1) is 0 Å². The standard InChI is InChI=1S/C25H25ClN4O5/c1-25(2,3)35-20(31)14-27-16-7-9-17(10-8-16)29-12-11-19-21(24(33)34)28-30(22(19)23(29)32)18-6-4-5-15(26)13-18/h4-10,13,27H,11-12,14H2,1-3H3,(H,33,34). The highest BCUT2D eigenvalue weighted by Gasteiger charge is 2.35. The molecule has 1 amide bonds. The normalized spacial score (nSPS) is 13.4. The van der Waals surface area contributed by atoms with Crippen molar-refractivity contribution in [3.05, 3.63) is 70.5 Å². The lowest BCUT2D eigenvalue weighted by Gasteiger charge is -2.28. The third-order valence-electron chi connectivity index (χ3n) is 5.31. The molecule has 0 saturated heterocycles. The van der Waals surface area contributed by atoms with Crippen LogP contribution in [0, 0.1) is 0 Å². The number of anilines is 2. The van der Waals surface area contributed by atoms with Crippen molar-refractivity contribution < 1.29 is 24.2 Å². The van der Waals surface area contributed by atoms with E-state index >= 15 is 0 Å². The van der Waals surface area contributed by atoms with Crippen LogP contribution in [0.2, 0.25) is 5.02 Å². The van der Waals surface area contributed by atoms with E-state index in [9.17, 15) is 19.5 Å². The van der Waals surface area contributed by atoms with E-state index in [1.807, 2.05) is 0 Å². The Labute approximate surface area is 207 Å². The van der Waals surface area contributed by atoms with Crippen LogP contribution in [0.3, 0.4) is 0 Å². The lowest BCUT2D eigenvalue weighted by atomic mass is 10.0. The molecule has 35 heavy (non-hydrogen) atoms. The van der Waals surface area contributed by atoms with Crippen LogP contribution in [0.15, 0.2) is 48.5 Å². The number of ether oxygens (including phenoxy) is 1. The Kier molecular flexibility index (Phi) is 6.53. The SMILES string of the molecule is CC(C)(C)OC(=O)CNc1ccc(N2CCc3c(C(=O)O)nn(-c4cccc(Cl)c4)c3C2=O)cc1. The van der Waals surface area contributed by atoms with Gasteiger partial charge in [0.1, 0.15) is 17.8 Å². The molecule has 0 spiro atoms. The highest BCUT2D eigenvalue weighted by atomic mass is 35.5. The number of benzene rings is 2. The minimum absolute atomic E-state index is 0.0133. The third-order valence-corrected chi connectivity index (χ3v) is 5.54. The number of carbonyl (C=O) groups is 3. The summed E-state index contributed by atoms with van der Waals surface area (Å²) in [4.78, 5) is 38.8. The van der Waals surface area contributed by atoms with E-state index in [1.54, 1.807) is 74.2 Å². The van der Waals surface area contributed by atoms with Crippen LogP contribution in [0.4, 0.5) is 11.4 Å². The number of nitrogens with one attached hydrogen (secondary N) is 1. The van der Waals surface area contributed by atoms with Gasteiger partial charge in [0.2, 0.25) is 0 Å². The summed E-state index contributed by atoms with van der Waals surface area (Å²) >= 11 is 6.11. The number of carbonyl (C=O) groups excluding carboxylic acids is 2. The van der Waals surface area contributed by atoms with Crippen molar-refractivity contribution in [2.75, 3.05) is 23.3 Å². The molecule has 0 radical (unpaired) electrons. The van der Waals surface area contributed by atoms with E-state index in [0.717, 1.165) is 0 Å². The zero-order chi connectivity index (χ0) is 25.3.